The Bertz CT molecular complexity index is 490. The van der Waals surface area contributed by atoms with Crippen LogP contribution in [0.3, 0.4) is 0 Å². The van der Waals surface area contributed by atoms with E-state index in [1.807, 2.05) is 11.0 Å². The molecule has 2 rings (SSSR count). The molecule has 0 radical (unpaired) electrons. The minimum absolute atomic E-state index is 0.0616. The third kappa shape index (κ3) is 3.67. The van der Waals surface area contributed by atoms with Crippen molar-refractivity contribution in [1.29, 1.82) is 0 Å². The van der Waals surface area contributed by atoms with Crippen LogP contribution in [-0.4, -0.2) is 34.0 Å². The first kappa shape index (κ1) is 13.8. The zero-order chi connectivity index (χ0) is 13.8. The summed E-state index contributed by atoms with van der Waals surface area (Å²) in [5.74, 6) is 0.383. The van der Waals surface area contributed by atoms with Crippen molar-refractivity contribution < 1.29 is 9.90 Å². The number of phenolic OH excluding ortho intramolecular Hbond substituents is 1. The summed E-state index contributed by atoms with van der Waals surface area (Å²) in [4.78, 5) is 14.5. The molecule has 1 saturated heterocycles. The Morgan fingerprint density at radius 3 is 3.00 bits per heavy atom. The fourth-order valence-corrected chi connectivity index (χ4v) is 2.58. The van der Waals surface area contributed by atoms with Gasteiger partial charge >= 0.3 is 0 Å². The van der Waals surface area contributed by atoms with E-state index < -0.39 is 0 Å². The van der Waals surface area contributed by atoms with Gasteiger partial charge in [-0.3, -0.25) is 4.79 Å². The lowest BCUT2D eigenvalue weighted by Gasteiger charge is -2.32. The van der Waals surface area contributed by atoms with E-state index in [4.69, 9.17) is 18.0 Å². The van der Waals surface area contributed by atoms with Gasteiger partial charge in [0.2, 0.25) is 5.91 Å². The number of nitrogens with zero attached hydrogens (tertiary/aromatic N) is 1. The zero-order valence-electron chi connectivity index (χ0n) is 10.7. The van der Waals surface area contributed by atoms with Gasteiger partial charge in [0.1, 0.15) is 5.75 Å². The molecule has 3 N–H and O–H groups in total. The third-order valence-electron chi connectivity index (χ3n) is 3.44. The number of nitrogens with two attached hydrogens (primary N) is 1. The van der Waals surface area contributed by atoms with Crippen molar-refractivity contribution in [3.8, 4) is 5.75 Å². The molecule has 19 heavy (non-hydrogen) atoms. The van der Waals surface area contributed by atoms with Crippen LogP contribution in [0.4, 0.5) is 0 Å². The second kappa shape index (κ2) is 6.02. The van der Waals surface area contributed by atoms with Gasteiger partial charge in [-0.25, -0.2) is 0 Å². The summed E-state index contributed by atoms with van der Waals surface area (Å²) in [5.41, 5.74) is 6.48. The van der Waals surface area contributed by atoms with Gasteiger partial charge in [-0.2, -0.15) is 0 Å². The molecular weight excluding hydrogens is 260 g/mol. The van der Waals surface area contributed by atoms with E-state index in [-0.39, 0.29) is 17.6 Å². The molecule has 1 aromatic rings. The first-order valence-corrected chi connectivity index (χ1v) is 6.82. The Morgan fingerprint density at radius 1 is 1.53 bits per heavy atom. The largest absolute Gasteiger partial charge is 0.508 e. The highest BCUT2D eigenvalue weighted by Crippen LogP contribution is 2.18. The smallest absolute Gasteiger partial charge is 0.227 e. The quantitative estimate of drug-likeness (QED) is 0.822. The number of benzene rings is 1. The lowest BCUT2D eigenvalue weighted by atomic mass is 9.97. The Morgan fingerprint density at radius 2 is 2.32 bits per heavy atom. The predicted molar refractivity (Wildman–Crippen MR) is 77.9 cm³/mol. The summed E-state index contributed by atoms with van der Waals surface area (Å²) in [6.45, 7) is 1.38. The molecule has 4 nitrogen and oxygen atoms in total. The van der Waals surface area contributed by atoms with Crippen LogP contribution < -0.4 is 5.73 Å². The highest BCUT2D eigenvalue weighted by molar-refractivity contribution is 7.80. The minimum Gasteiger partial charge on any atom is -0.508 e. The maximum Gasteiger partial charge on any atom is 0.227 e. The Kier molecular flexibility index (Phi) is 4.37. The van der Waals surface area contributed by atoms with Crippen LogP contribution in [0.5, 0.6) is 5.75 Å². The average molecular weight is 278 g/mol. The van der Waals surface area contributed by atoms with Gasteiger partial charge in [0.25, 0.3) is 0 Å². The van der Waals surface area contributed by atoms with E-state index in [1.54, 1.807) is 18.2 Å². The van der Waals surface area contributed by atoms with E-state index in [0.29, 0.717) is 18.0 Å². The summed E-state index contributed by atoms with van der Waals surface area (Å²) < 4.78 is 0. The van der Waals surface area contributed by atoms with Crippen molar-refractivity contribution in [2.24, 2.45) is 11.7 Å². The molecule has 0 spiro atoms. The number of likely N-dealkylation sites (tertiary alicyclic amines) is 1. The molecule has 0 aliphatic carbocycles. The van der Waals surface area contributed by atoms with Crippen LogP contribution in [0.1, 0.15) is 18.4 Å². The van der Waals surface area contributed by atoms with Gasteiger partial charge < -0.3 is 15.7 Å². The molecule has 1 unspecified atom stereocenters. The van der Waals surface area contributed by atoms with Gasteiger partial charge in [0.15, 0.2) is 0 Å². The molecule has 1 aliphatic rings. The van der Waals surface area contributed by atoms with Crippen molar-refractivity contribution in [3.63, 3.8) is 0 Å². The molecule has 1 heterocycles. The van der Waals surface area contributed by atoms with Crippen LogP contribution in [-0.2, 0) is 11.2 Å². The van der Waals surface area contributed by atoms with E-state index in [1.165, 1.54) is 0 Å². The number of aromatic hydroxyl groups is 1. The fourth-order valence-electron chi connectivity index (χ4n) is 2.39. The monoisotopic (exact) mass is 278 g/mol. The van der Waals surface area contributed by atoms with Gasteiger partial charge in [-0.05, 0) is 30.5 Å². The standard InChI is InChI=1S/C14H18N2O2S/c15-14(19)11-4-2-6-16(9-11)13(18)8-10-3-1-5-12(17)7-10/h1,3,5,7,11,17H,2,4,6,8-9H2,(H2,15,19). The lowest BCUT2D eigenvalue weighted by Crippen LogP contribution is -2.44. The number of hydrogen-bond donors (Lipinski definition) is 2. The Hall–Kier alpha value is -1.62. The molecule has 0 bridgehead atoms. The number of amides is 1. The molecule has 1 atom stereocenters. The van der Waals surface area contributed by atoms with Gasteiger partial charge in [-0.15, -0.1) is 0 Å². The topological polar surface area (TPSA) is 66.6 Å². The van der Waals surface area contributed by atoms with Gasteiger partial charge in [0, 0.05) is 19.0 Å². The van der Waals surface area contributed by atoms with E-state index in [9.17, 15) is 9.90 Å². The number of phenols is 1. The fraction of sp³-hybridized carbons (Fsp3) is 0.429. The average Bonchev–Trinajstić information content (AvgIpc) is 2.39. The molecule has 0 saturated carbocycles. The first-order valence-electron chi connectivity index (χ1n) is 6.41. The highest BCUT2D eigenvalue weighted by Gasteiger charge is 2.25. The van der Waals surface area contributed by atoms with E-state index >= 15 is 0 Å². The van der Waals surface area contributed by atoms with Crippen LogP contribution >= 0.6 is 12.2 Å². The first-order chi connectivity index (χ1) is 9.06. The third-order valence-corrected chi connectivity index (χ3v) is 3.78. The summed E-state index contributed by atoms with van der Waals surface area (Å²) >= 11 is 5.01. The second-order valence-electron chi connectivity index (χ2n) is 4.93. The zero-order valence-corrected chi connectivity index (χ0v) is 11.5. The van der Waals surface area contributed by atoms with Crippen LogP contribution in [0.15, 0.2) is 24.3 Å². The number of piperidine rings is 1. The van der Waals surface area contributed by atoms with Crippen molar-refractivity contribution in [2.75, 3.05) is 13.1 Å². The van der Waals surface area contributed by atoms with Gasteiger partial charge in [0.05, 0.1) is 11.4 Å². The summed E-state index contributed by atoms with van der Waals surface area (Å²) in [6, 6.07) is 6.79. The number of hydrogen-bond acceptors (Lipinski definition) is 3. The Balaban J connectivity index is 1.98. The van der Waals surface area contributed by atoms with Crippen molar-refractivity contribution >= 4 is 23.1 Å². The summed E-state index contributed by atoms with van der Waals surface area (Å²) in [7, 11) is 0. The van der Waals surface area contributed by atoms with Gasteiger partial charge in [-0.1, -0.05) is 24.4 Å². The van der Waals surface area contributed by atoms with E-state index in [0.717, 1.165) is 24.9 Å². The normalized spacial score (nSPS) is 19.2. The van der Waals surface area contributed by atoms with Crippen molar-refractivity contribution in [3.05, 3.63) is 29.8 Å². The predicted octanol–water partition coefficient (Wildman–Crippen LogP) is 1.46. The number of thiocarbonyl (C=S) groups is 1. The number of carbonyl (C=O) groups excluding carboxylic acids is 1. The van der Waals surface area contributed by atoms with Crippen LogP contribution in [0.2, 0.25) is 0 Å². The molecule has 102 valence electrons. The van der Waals surface area contributed by atoms with Crippen molar-refractivity contribution in [1.82, 2.24) is 4.90 Å². The lowest BCUT2D eigenvalue weighted by molar-refractivity contribution is -0.131. The molecular formula is C14H18N2O2S. The SMILES string of the molecule is NC(=S)C1CCCN(C(=O)Cc2cccc(O)c2)C1. The van der Waals surface area contributed by atoms with Crippen LogP contribution in [0.25, 0.3) is 0 Å². The summed E-state index contributed by atoms with van der Waals surface area (Å²) in [5, 5.41) is 9.39. The Labute approximate surface area is 118 Å². The maximum atomic E-state index is 12.2. The molecule has 1 amide bonds. The maximum absolute atomic E-state index is 12.2. The molecule has 5 heteroatoms. The molecule has 1 aromatic carbocycles. The highest BCUT2D eigenvalue weighted by atomic mass is 32.1. The minimum atomic E-state index is 0.0616. The summed E-state index contributed by atoms with van der Waals surface area (Å²) in [6.07, 6.45) is 2.21. The second-order valence-corrected chi connectivity index (χ2v) is 5.40. The molecule has 1 fully saturated rings. The van der Waals surface area contributed by atoms with Crippen molar-refractivity contribution in [2.45, 2.75) is 19.3 Å². The number of rotatable bonds is 3. The number of carbonyl (C=O) groups is 1. The van der Waals surface area contributed by atoms with E-state index in [2.05, 4.69) is 0 Å². The molecule has 1 aliphatic heterocycles. The molecule has 0 aromatic heterocycles. The van der Waals surface area contributed by atoms with Crippen LogP contribution in [0, 0.1) is 5.92 Å².